The molecule has 1 aromatic carbocycles. The number of rotatable bonds is 2. The molecule has 1 aromatic rings. The van der Waals surface area contributed by atoms with Crippen LogP contribution in [0.3, 0.4) is 0 Å². The van der Waals surface area contributed by atoms with E-state index in [1.807, 2.05) is 0 Å². The Morgan fingerprint density at radius 1 is 0.889 bits per heavy atom. The zero-order chi connectivity index (χ0) is 18.8. The third kappa shape index (κ3) is 3.87. The second-order valence-electron chi connectivity index (χ2n) is 8.38. The number of carbonyl (C=O) groups is 2. The maximum absolute atomic E-state index is 13.3. The van der Waals surface area contributed by atoms with Gasteiger partial charge in [0.1, 0.15) is 5.82 Å². The van der Waals surface area contributed by atoms with E-state index in [0.29, 0.717) is 30.6 Å². The highest BCUT2D eigenvalue weighted by Crippen LogP contribution is 2.36. The molecule has 146 valence electrons. The zero-order valence-corrected chi connectivity index (χ0v) is 15.9. The van der Waals surface area contributed by atoms with Crippen LogP contribution in [0.4, 0.5) is 4.39 Å². The summed E-state index contributed by atoms with van der Waals surface area (Å²) in [6.07, 6.45) is 9.00. The fourth-order valence-electron chi connectivity index (χ4n) is 5.27. The molecule has 3 unspecified atom stereocenters. The van der Waals surface area contributed by atoms with E-state index in [2.05, 4.69) is 4.90 Å². The highest BCUT2D eigenvalue weighted by atomic mass is 19.1. The van der Waals surface area contributed by atoms with Gasteiger partial charge in [0.2, 0.25) is 5.91 Å². The Hall–Kier alpha value is -1.91. The minimum Gasteiger partial charge on any atom is -0.339 e. The van der Waals surface area contributed by atoms with Crippen molar-refractivity contribution in [1.82, 2.24) is 9.80 Å². The molecule has 3 aliphatic rings. The fraction of sp³-hybridized carbons (Fsp3) is 0.636. The van der Waals surface area contributed by atoms with Crippen LogP contribution in [0.25, 0.3) is 0 Å². The molecule has 2 heterocycles. The molecule has 2 saturated heterocycles. The van der Waals surface area contributed by atoms with Crippen molar-refractivity contribution in [1.29, 1.82) is 0 Å². The SMILES string of the molecule is O=C(c1ccc(F)cc1)N1CCCC(C(=O)N2CCCC3CCCCC32)C1. The van der Waals surface area contributed by atoms with Crippen LogP contribution in [0, 0.1) is 17.7 Å². The Labute approximate surface area is 160 Å². The van der Waals surface area contributed by atoms with Gasteiger partial charge in [0, 0.05) is 31.2 Å². The molecule has 27 heavy (non-hydrogen) atoms. The van der Waals surface area contributed by atoms with E-state index >= 15 is 0 Å². The maximum atomic E-state index is 13.3. The van der Waals surface area contributed by atoms with Gasteiger partial charge in [-0.3, -0.25) is 9.59 Å². The van der Waals surface area contributed by atoms with Crippen molar-refractivity contribution in [3.63, 3.8) is 0 Å². The van der Waals surface area contributed by atoms with E-state index < -0.39 is 0 Å². The molecule has 2 aliphatic heterocycles. The van der Waals surface area contributed by atoms with Gasteiger partial charge in [-0.2, -0.15) is 0 Å². The molecule has 3 fully saturated rings. The summed E-state index contributed by atoms with van der Waals surface area (Å²) in [5.74, 6) is 0.399. The minimum absolute atomic E-state index is 0.0937. The summed E-state index contributed by atoms with van der Waals surface area (Å²) < 4.78 is 13.1. The molecule has 1 saturated carbocycles. The predicted octanol–water partition coefficient (Wildman–Crippen LogP) is 3.86. The number of nitrogens with zero attached hydrogens (tertiary/aromatic N) is 2. The van der Waals surface area contributed by atoms with E-state index in [4.69, 9.17) is 0 Å². The molecule has 5 heteroatoms. The Kier molecular flexibility index (Phi) is 5.46. The molecule has 3 atom stereocenters. The summed E-state index contributed by atoms with van der Waals surface area (Å²) in [4.78, 5) is 30.0. The summed E-state index contributed by atoms with van der Waals surface area (Å²) in [5, 5.41) is 0. The number of benzene rings is 1. The van der Waals surface area contributed by atoms with Crippen LogP contribution in [0.5, 0.6) is 0 Å². The van der Waals surface area contributed by atoms with Crippen LogP contribution in [0.1, 0.15) is 61.7 Å². The van der Waals surface area contributed by atoms with Crippen molar-refractivity contribution in [3.8, 4) is 0 Å². The molecule has 0 radical (unpaired) electrons. The third-order valence-electron chi connectivity index (χ3n) is 6.68. The topological polar surface area (TPSA) is 40.6 Å². The molecular weight excluding hydrogens is 343 g/mol. The van der Waals surface area contributed by atoms with Gasteiger partial charge in [-0.1, -0.05) is 12.8 Å². The Balaban J connectivity index is 1.43. The van der Waals surface area contributed by atoms with E-state index in [9.17, 15) is 14.0 Å². The van der Waals surface area contributed by atoms with Gasteiger partial charge >= 0.3 is 0 Å². The van der Waals surface area contributed by atoms with E-state index in [-0.39, 0.29) is 23.5 Å². The van der Waals surface area contributed by atoms with Gasteiger partial charge in [-0.15, -0.1) is 0 Å². The second kappa shape index (κ2) is 7.99. The molecule has 4 rings (SSSR count). The van der Waals surface area contributed by atoms with E-state index in [1.165, 1.54) is 49.9 Å². The van der Waals surface area contributed by atoms with Crippen molar-refractivity contribution in [2.45, 2.75) is 57.4 Å². The van der Waals surface area contributed by atoms with Gasteiger partial charge < -0.3 is 9.80 Å². The van der Waals surface area contributed by atoms with Crippen molar-refractivity contribution in [2.75, 3.05) is 19.6 Å². The lowest BCUT2D eigenvalue weighted by atomic mass is 9.77. The standard InChI is InChI=1S/C22H29FN2O2/c23-19-11-9-17(10-12-19)21(26)24-13-3-7-18(15-24)22(27)25-14-4-6-16-5-1-2-8-20(16)25/h9-12,16,18,20H,1-8,13-15H2. The predicted molar refractivity (Wildman–Crippen MR) is 102 cm³/mol. The number of hydrogen-bond donors (Lipinski definition) is 0. The van der Waals surface area contributed by atoms with Gasteiger partial charge in [0.25, 0.3) is 5.91 Å². The quantitative estimate of drug-likeness (QED) is 0.791. The smallest absolute Gasteiger partial charge is 0.253 e. The van der Waals surface area contributed by atoms with Crippen LogP contribution in [-0.2, 0) is 4.79 Å². The molecule has 2 amide bonds. The number of halogens is 1. The fourth-order valence-corrected chi connectivity index (χ4v) is 5.27. The van der Waals surface area contributed by atoms with E-state index in [1.54, 1.807) is 4.90 Å². The second-order valence-corrected chi connectivity index (χ2v) is 8.38. The molecule has 0 spiro atoms. The maximum Gasteiger partial charge on any atom is 0.253 e. The summed E-state index contributed by atoms with van der Waals surface area (Å²) in [7, 11) is 0. The van der Waals surface area contributed by atoms with Crippen molar-refractivity contribution >= 4 is 11.8 Å². The van der Waals surface area contributed by atoms with Crippen molar-refractivity contribution < 1.29 is 14.0 Å². The third-order valence-corrected chi connectivity index (χ3v) is 6.68. The molecule has 0 N–H and O–H groups in total. The summed E-state index contributed by atoms with van der Waals surface area (Å²) in [6, 6.07) is 6.11. The van der Waals surface area contributed by atoms with Gasteiger partial charge in [0.05, 0.1) is 5.92 Å². The molecule has 0 bridgehead atoms. The van der Waals surface area contributed by atoms with Crippen LogP contribution in [-0.4, -0.2) is 47.3 Å². The minimum atomic E-state index is -0.342. The Bertz CT molecular complexity index is 688. The molecule has 1 aliphatic carbocycles. The van der Waals surface area contributed by atoms with Crippen LogP contribution in [0.2, 0.25) is 0 Å². The number of likely N-dealkylation sites (tertiary alicyclic amines) is 2. The van der Waals surface area contributed by atoms with Crippen LogP contribution in [0.15, 0.2) is 24.3 Å². The monoisotopic (exact) mass is 372 g/mol. The van der Waals surface area contributed by atoms with Crippen LogP contribution < -0.4 is 0 Å². The summed E-state index contributed by atoms with van der Waals surface area (Å²) in [6.45, 7) is 2.04. The molecular formula is C22H29FN2O2. The van der Waals surface area contributed by atoms with Crippen molar-refractivity contribution in [2.24, 2.45) is 11.8 Å². The molecule has 0 aromatic heterocycles. The molecule has 4 nitrogen and oxygen atoms in total. The lowest BCUT2D eigenvalue weighted by Crippen LogP contribution is -2.54. The summed E-state index contributed by atoms with van der Waals surface area (Å²) in [5.41, 5.74) is 0.495. The largest absolute Gasteiger partial charge is 0.339 e. The highest BCUT2D eigenvalue weighted by Gasteiger charge is 2.39. The number of amides is 2. The Morgan fingerprint density at radius 2 is 1.59 bits per heavy atom. The first kappa shape index (κ1) is 18.5. The first-order chi connectivity index (χ1) is 13.1. The highest BCUT2D eigenvalue weighted by molar-refractivity contribution is 5.94. The van der Waals surface area contributed by atoms with E-state index in [0.717, 1.165) is 32.2 Å². The van der Waals surface area contributed by atoms with Gasteiger partial charge in [-0.05, 0) is 68.7 Å². The number of hydrogen-bond acceptors (Lipinski definition) is 2. The van der Waals surface area contributed by atoms with Crippen molar-refractivity contribution in [3.05, 3.63) is 35.6 Å². The lowest BCUT2D eigenvalue weighted by Gasteiger charge is -2.46. The van der Waals surface area contributed by atoms with Crippen LogP contribution >= 0.6 is 0 Å². The first-order valence-corrected chi connectivity index (χ1v) is 10.5. The normalized spacial score (nSPS) is 28.6. The van der Waals surface area contributed by atoms with Gasteiger partial charge in [0.15, 0.2) is 0 Å². The number of fused-ring (bicyclic) bond motifs is 1. The zero-order valence-electron chi connectivity index (χ0n) is 15.9. The number of carbonyl (C=O) groups excluding carboxylic acids is 2. The average molecular weight is 372 g/mol. The first-order valence-electron chi connectivity index (χ1n) is 10.5. The Morgan fingerprint density at radius 3 is 2.41 bits per heavy atom. The lowest BCUT2D eigenvalue weighted by molar-refractivity contribution is -0.143. The van der Waals surface area contributed by atoms with Gasteiger partial charge in [-0.25, -0.2) is 4.39 Å². The average Bonchev–Trinajstić information content (AvgIpc) is 2.73. The summed E-state index contributed by atoms with van der Waals surface area (Å²) >= 11 is 0. The number of piperidine rings is 2.